The molecule has 0 amide bonds. The van der Waals surface area contributed by atoms with Crippen molar-refractivity contribution < 1.29 is 14.3 Å². The molecule has 134 valence electrons. The minimum atomic E-state index is -0.504. The number of hydrogen-bond donors (Lipinski definition) is 1. The average Bonchev–Trinajstić information content (AvgIpc) is 2.41. The van der Waals surface area contributed by atoms with Crippen molar-refractivity contribution in [1.82, 2.24) is 5.32 Å². The van der Waals surface area contributed by atoms with E-state index >= 15 is 0 Å². The Hall–Kier alpha value is -1.81. The number of hydrogen-bond acceptors (Lipinski definition) is 4. The van der Waals surface area contributed by atoms with Crippen LogP contribution in [0.4, 0.5) is 0 Å². The molecule has 1 aromatic rings. The van der Waals surface area contributed by atoms with Gasteiger partial charge in [-0.2, -0.15) is 0 Å². The summed E-state index contributed by atoms with van der Waals surface area (Å²) in [7, 11) is 0. The number of rotatable bonds is 7. The van der Waals surface area contributed by atoms with Crippen molar-refractivity contribution in [1.29, 1.82) is 0 Å². The van der Waals surface area contributed by atoms with Crippen LogP contribution in [-0.4, -0.2) is 29.8 Å². The minimum absolute atomic E-state index is 0.230. The van der Waals surface area contributed by atoms with Gasteiger partial charge >= 0.3 is 5.97 Å². The summed E-state index contributed by atoms with van der Waals surface area (Å²) in [5, 5.41) is 3.17. The molecule has 1 N–H and O–H groups in total. The smallest absolute Gasteiger partial charge is 0.324 e. The van der Waals surface area contributed by atoms with Crippen LogP contribution in [0.2, 0.25) is 0 Å². The van der Waals surface area contributed by atoms with Crippen LogP contribution < -0.4 is 10.1 Å². The molecular weight excluding hydrogens is 302 g/mol. The van der Waals surface area contributed by atoms with Gasteiger partial charge in [0, 0.05) is 6.54 Å². The number of carbonyl (C=O) groups excluding carboxylic acids is 1. The normalized spacial score (nSPS) is 13.2. The highest BCUT2D eigenvalue weighted by Gasteiger charge is 2.24. The largest absolute Gasteiger partial charge is 0.488 e. The van der Waals surface area contributed by atoms with Crippen molar-refractivity contribution in [2.45, 2.75) is 65.2 Å². The van der Waals surface area contributed by atoms with Crippen LogP contribution >= 0.6 is 0 Å². The zero-order valence-electron chi connectivity index (χ0n) is 15.8. The van der Waals surface area contributed by atoms with E-state index in [0.717, 1.165) is 11.3 Å². The Balaban J connectivity index is 2.78. The van der Waals surface area contributed by atoms with Crippen molar-refractivity contribution in [3.05, 3.63) is 42.5 Å². The molecule has 0 fully saturated rings. The lowest BCUT2D eigenvalue weighted by molar-refractivity contribution is -0.157. The summed E-state index contributed by atoms with van der Waals surface area (Å²) >= 11 is 0. The molecule has 24 heavy (non-hydrogen) atoms. The third kappa shape index (κ3) is 8.16. The molecule has 4 heteroatoms. The first kappa shape index (κ1) is 20.2. The second kappa shape index (κ2) is 8.34. The number of nitrogens with one attached hydrogen (secondary N) is 1. The zero-order valence-corrected chi connectivity index (χ0v) is 15.8. The molecule has 0 bridgehead atoms. The lowest BCUT2D eigenvalue weighted by Gasteiger charge is -2.25. The van der Waals surface area contributed by atoms with Gasteiger partial charge in [-0.25, -0.2) is 0 Å². The predicted molar refractivity (Wildman–Crippen MR) is 98.4 cm³/mol. The van der Waals surface area contributed by atoms with E-state index in [1.54, 1.807) is 6.08 Å². The maximum Gasteiger partial charge on any atom is 0.324 e. The van der Waals surface area contributed by atoms with Crippen molar-refractivity contribution >= 4 is 5.97 Å². The van der Waals surface area contributed by atoms with Crippen molar-refractivity contribution in [3.63, 3.8) is 0 Å². The first-order chi connectivity index (χ1) is 11.0. The maximum atomic E-state index is 12.4. The number of esters is 1. The van der Waals surface area contributed by atoms with Gasteiger partial charge in [0.1, 0.15) is 23.0 Å². The topological polar surface area (TPSA) is 47.6 Å². The summed E-state index contributed by atoms with van der Waals surface area (Å²) in [6, 6.07) is 7.42. The van der Waals surface area contributed by atoms with E-state index in [4.69, 9.17) is 9.47 Å². The minimum Gasteiger partial charge on any atom is -0.488 e. The summed E-state index contributed by atoms with van der Waals surface area (Å²) in [5.74, 6) is 0.568. The van der Waals surface area contributed by atoms with E-state index in [1.165, 1.54) is 0 Å². The fraction of sp³-hybridized carbons (Fsp3) is 0.550. The highest BCUT2D eigenvalue weighted by Crippen LogP contribution is 2.19. The molecule has 0 aliphatic heterocycles. The van der Waals surface area contributed by atoms with Crippen LogP contribution in [0, 0.1) is 0 Å². The van der Waals surface area contributed by atoms with Crippen LogP contribution in [0.5, 0.6) is 5.75 Å². The molecule has 0 aliphatic rings. The van der Waals surface area contributed by atoms with E-state index in [-0.39, 0.29) is 11.6 Å². The van der Waals surface area contributed by atoms with Gasteiger partial charge < -0.3 is 14.8 Å². The molecule has 0 saturated heterocycles. The second-order valence-electron chi connectivity index (χ2n) is 7.85. The third-order valence-corrected chi connectivity index (χ3v) is 2.99. The van der Waals surface area contributed by atoms with E-state index in [9.17, 15) is 4.79 Å². The molecule has 0 unspecified atom stereocenters. The standard InChI is InChI=1S/C20H31NO3/c1-8-13-21-17(18(22)24-20(5,6)7)14-15-9-11-16(12-10-15)23-19(2,3)4/h8-12,17,21H,1,13-14H2,2-7H3/t17-/m0/s1. The van der Waals surface area contributed by atoms with E-state index in [1.807, 2.05) is 65.8 Å². The quantitative estimate of drug-likeness (QED) is 0.607. The summed E-state index contributed by atoms with van der Waals surface area (Å²) in [6.07, 6.45) is 2.29. The summed E-state index contributed by atoms with van der Waals surface area (Å²) in [4.78, 5) is 12.4. The molecule has 0 aromatic heterocycles. The Morgan fingerprint density at radius 1 is 1.12 bits per heavy atom. The summed E-state index contributed by atoms with van der Waals surface area (Å²) in [6.45, 7) is 15.9. The Bertz CT molecular complexity index is 535. The van der Waals surface area contributed by atoms with Gasteiger partial charge in [0.15, 0.2) is 0 Å². The fourth-order valence-electron chi connectivity index (χ4n) is 2.12. The van der Waals surface area contributed by atoms with Gasteiger partial charge in [-0.05, 0) is 65.7 Å². The van der Waals surface area contributed by atoms with Gasteiger partial charge in [-0.3, -0.25) is 4.79 Å². The van der Waals surface area contributed by atoms with E-state index in [0.29, 0.717) is 13.0 Å². The molecule has 0 saturated carbocycles. The molecule has 1 rings (SSSR count). The lowest BCUT2D eigenvalue weighted by atomic mass is 10.0. The zero-order chi connectivity index (χ0) is 18.4. The molecule has 0 heterocycles. The van der Waals surface area contributed by atoms with E-state index < -0.39 is 11.6 Å². The highest BCUT2D eigenvalue weighted by molar-refractivity contribution is 5.76. The highest BCUT2D eigenvalue weighted by atomic mass is 16.6. The molecule has 0 aliphatic carbocycles. The Morgan fingerprint density at radius 2 is 1.71 bits per heavy atom. The van der Waals surface area contributed by atoms with Gasteiger partial charge in [0.05, 0.1) is 0 Å². The second-order valence-corrected chi connectivity index (χ2v) is 7.85. The first-order valence-electron chi connectivity index (χ1n) is 8.35. The van der Waals surface area contributed by atoms with Crippen molar-refractivity contribution in [2.24, 2.45) is 0 Å². The van der Waals surface area contributed by atoms with Crippen LogP contribution in [0.15, 0.2) is 36.9 Å². The van der Waals surface area contributed by atoms with E-state index in [2.05, 4.69) is 11.9 Å². The van der Waals surface area contributed by atoms with Gasteiger partial charge in [-0.1, -0.05) is 18.2 Å². The van der Waals surface area contributed by atoms with Crippen LogP contribution in [0.1, 0.15) is 47.1 Å². The SMILES string of the molecule is C=CCN[C@@H](Cc1ccc(OC(C)(C)C)cc1)C(=O)OC(C)(C)C. The lowest BCUT2D eigenvalue weighted by Crippen LogP contribution is -2.42. The monoisotopic (exact) mass is 333 g/mol. The molecule has 0 radical (unpaired) electrons. The number of ether oxygens (including phenoxy) is 2. The van der Waals surface area contributed by atoms with Crippen LogP contribution in [0.25, 0.3) is 0 Å². The third-order valence-electron chi connectivity index (χ3n) is 2.99. The molecule has 1 aromatic carbocycles. The Morgan fingerprint density at radius 3 is 2.17 bits per heavy atom. The van der Waals surface area contributed by atoms with Gasteiger partial charge in [0.2, 0.25) is 0 Å². The number of benzene rings is 1. The molecule has 0 spiro atoms. The molecule has 4 nitrogen and oxygen atoms in total. The number of carbonyl (C=O) groups is 1. The van der Waals surface area contributed by atoms with Gasteiger partial charge in [-0.15, -0.1) is 6.58 Å². The molecule has 1 atom stereocenters. The van der Waals surface area contributed by atoms with Crippen molar-refractivity contribution in [3.8, 4) is 5.75 Å². The Labute approximate surface area is 146 Å². The van der Waals surface area contributed by atoms with Crippen LogP contribution in [0.3, 0.4) is 0 Å². The van der Waals surface area contributed by atoms with Crippen LogP contribution in [-0.2, 0) is 16.0 Å². The first-order valence-corrected chi connectivity index (χ1v) is 8.35. The Kier molecular flexibility index (Phi) is 7.03. The average molecular weight is 333 g/mol. The summed E-state index contributed by atoms with van der Waals surface area (Å²) in [5.41, 5.74) is 0.311. The maximum absolute atomic E-state index is 12.4. The summed E-state index contributed by atoms with van der Waals surface area (Å²) < 4.78 is 11.3. The van der Waals surface area contributed by atoms with Crippen molar-refractivity contribution in [2.75, 3.05) is 6.54 Å². The van der Waals surface area contributed by atoms with Gasteiger partial charge in [0.25, 0.3) is 0 Å². The predicted octanol–water partition coefficient (Wildman–Crippen LogP) is 3.89. The fourth-order valence-corrected chi connectivity index (χ4v) is 2.12. The molecular formula is C20H31NO3.